The van der Waals surface area contributed by atoms with Crippen LogP contribution >= 0.6 is 0 Å². The average molecular weight is 492 g/mol. The molecule has 0 unspecified atom stereocenters. The number of nitrogens with one attached hydrogen (secondary N) is 3. The molecule has 4 aromatic rings. The number of hydrogen-bond donors (Lipinski definition) is 3. The summed E-state index contributed by atoms with van der Waals surface area (Å²) in [6.45, 7) is 1.01. The quantitative estimate of drug-likeness (QED) is 0.295. The lowest BCUT2D eigenvalue weighted by molar-refractivity contribution is -0.120. The maximum absolute atomic E-state index is 12.8. The number of hydrogen-bond acceptors (Lipinski definition) is 5. The summed E-state index contributed by atoms with van der Waals surface area (Å²) in [6, 6.07) is 20.3. The second-order valence-electron chi connectivity index (χ2n) is 7.85. The van der Waals surface area contributed by atoms with Gasteiger partial charge in [0.05, 0.1) is 11.4 Å². The van der Waals surface area contributed by atoms with Gasteiger partial charge in [0.2, 0.25) is 5.91 Å². The molecule has 10 heteroatoms. The van der Waals surface area contributed by atoms with Gasteiger partial charge in [-0.15, -0.1) is 0 Å². The van der Waals surface area contributed by atoms with Gasteiger partial charge in [0.1, 0.15) is 0 Å². The van der Waals surface area contributed by atoms with Crippen LogP contribution in [0.5, 0.6) is 0 Å². The zero-order valence-corrected chi connectivity index (χ0v) is 19.7. The van der Waals surface area contributed by atoms with Gasteiger partial charge in [0.15, 0.2) is 0 Å². The normalized spacial score (nSPS) is 11.2. The monoisotopic (exact) mass is 491 g/mol. The van der Waals surface area contributed by atoms with Crippen molar-refractivity contribution in [2.24, 2.45) is 0 Å². The largest absolute Gasteiger partial charge is 0.355 e. The van der Waals surface area contributed by atoms with Gasteiger partial charge in [0.25, 0.3) is 15.9 Å². The molecule has 180 valence electrons. The van der Waals surface area contributed by atoms with Crippen molar-refractivity contribution >= 4 is 38.3 Å². The molecule has 0 radical (unpaired) electrons. The summed E-state index contributed by atoms with van der Waals surface area (Å²) in [4.78, 5) is 24.4. The van der Waals surface area contributed by atoms with Gasteiger partial charge in [-0.25, -0.2) is 8.42 Å². The van der Waals surface area contributed by atoms with Crippen LogP contribution in [-0.4, -0.2) is 43.1 Å². The molecule has 0 saturated heterocycles. The first-order chi connectivity index (χ1) is 16.9. The molecule has 9 nitrogen and oxygen atoms in total. The molecule has 3 N–H and O–H groups in total. The summed E-state index contributed by atoms with van der Waals surface area (Å²) in [7, 11) is -3.79. The zero-order chi connectivity index (χ0) is 24.7. The number of fused-ring (bicyclic) bond motifs is 1. The molecule has 0 saturated carbocycles. The van der Waals surface area contributed by atoms with Crippen LogP contribution in [0.3, 0.4) is 0 Å². The van der Waals surface area contributed by atoms with Gasteiger partial charge in [-0.2, -0.15) is 5.10 Å². The van der Waals surface area contributed by atoms with E-state index in [1.54, 1.807) is 29.1 Å². The Morgan fingerprint density at radius 3 is 2.40 bits per heavy atom. The van der Waals surface area contributed by atoms with Crippen LogP contribution in [-0.2, 0) is 21.4 Å². The molecular formula is C25H25N5O4S. The van der Waals surface area contributed by atoms with E-state index in [1.807, 2.05) is 36.5 Å². The Bertz CT molecular complexity index is 1420. The number of carbonyl (C=O) groups is 2. The van der Waals surface area contributed by atoms with Crippen LogP contribution in [0.15, 0.2) is 90.1 Å². The van der Waals surface area contributed by atoms with Crippen molar-refractivity contribution in [3.63, 3.8) is 0 Å². The predicted octanol–water partition coefficient (Wildman–Crippen LogP) is 2.77. The number of nitrogens with zero attached hydrogens (tertiary/aromatic N) is 2. The summed E-state index contributed by atoms with van der Waals surface area (Å²) >= 11 is 0. The smallest absolute Gasteiger partial charge is 0.261 e. The fraction of sp³-hybridized carbons (Fsp3) is 0.160. The number of anilines is 1. The van der Waals surface area contributed by atoms with E-state index in [9.17, 15) is 18.0 Å². The van der Waals surface area contributed by atoms with Gasteiger partial charge in [-0.05, 0) is 59.7 Å². The third kappa shape index (κ3) is 6.45. The maximum Gasteiger partial charge on any atom is 0.261 e. The first kappa shape index (κ1) is 24.0. The van der Waals surface area contributed by atoms with Crippen molar-refractivity contribution in [1.82, 2.24) is 20.4 Å². The number of rotatable bonds is 10. The van der Waals surface area contributed by atoms with E-state index < -0.39 is 15.9 Å². The molecule has 35 heavy (non-hydrogen) atoms. The summed E-state index contributed by atoms with van der Waals surface area (Å²) in [5.41, 5.74) is 0.634. The van der Waals surface area contributed by atoms with E-state index in [-0.39, 0.29) is 17.3 Å². The molecule has 3 aromatic carbocycles. The molecule has 0 spiro atoms. The van der Waals surface area contributed by atoms with Crippen molar-refractivity contribution in [3.05, 3.63) is 90.8 Å². The van der Waals surface area contributed by atoms with Gasteiger partial charge < -0.3 is 10.6 Å². The van der Waals surface area contributed by atoms with Crippen LogP contribution in [0.2, 0.25) is 0 Å². The lowest BCUT2D eigenvalue weighted by Crippen LogP contribution is -2.37. The van der Waals surface area contributed by atoms with Gasteiger partial charge in [0, 0.05) is 36.7 Å². The molecule has 4 rings (SSSR count). The Morgan fingerprint density at radius 1 is 0.886 bits per heavy atom. The van der Waals surface area contributed by atoms with E-state index in [0.29, 0.717) is 24.3 Å². The first-order valence-electron chi connectivity index (χ1n) is 11.0. The fourth-order valence-corrected chi connectivity index (χ4v) is 4.56. The number of aromatic nitrogens is 2. The SMILES string of the molecule is O=C(CNC(=O)c1ccc(NS(=O)(=O)c2ccc3ccccc3c2)cc1)NCCCn1cccn1. The van der Waals surface area contributed by atoms with Crippen molar-refractivity contribution in [1.29, 1.82) is 0 Å². The highest BCUT2D eigenvalue weighted by Crippen LogP contribution is 2.21. The second-order valence-corrected chi connectivity index (χ2v) is 9.53. The highest BCUT2D eigenvalue weighted by Gasteiger charge is 2.15. The van der Waals surface area contributed by atoms with Crippen LogP contribution < -0.4 is 15.4 Å². The van der Waals surface area contributed by atoms with Gasteiger partial charge >= 0.3 is 0 Å². The third-order valence-electron chi connectivity index (χ3n) is 5.29. The van der Waals surface area contributed by atoms with Crippen LogP contribution in [0.25, 0.3) is 10.8 Å². The Morgan fingerprint density at radius 2 is 1.66 bits per heavy atom. The van der Waals surface area contributed by atoms with E-state index in [4.69, 9.17) is 0 Å². The Balaban J connectivity index is 1.26. The van der Waals surface area contributed by atoms with Crippen LogP contribution in [0.1, 0.15) is 16.8 Å². The minimum atomic E-state index is -3.79. The first-order valence-corrected chi connectivity index (χ1v) is 12.5. The molecule has 0 bridgehead atoms. The molecule has 0 aliphatic heterocycles. The van der Waals surface area contributed by atoms with Gasteiger partial charge in [-0.3, -0.25) is 19.0 Å². The minimum Gasteiger partial charge on any atom is -0.355 e. The van der Waals surface area contributed by atoms with Crippen LogP contribution in [0.4, 0.5) is 5.69 Å². The minimum absolute atomic E-state index is 0.147. The van der Waals surface area contributed by atoms with Gasteiger partial charge in [-0.1, -0.05) is 30.3 Å². The Labute approximate surface area is 203 Å². The molecule has 0 atom stereocenters. The molecular weight excluding hydrogens is 466 g/mol. The van der Waals surface area contributed by atoms with E-state index in [1.165, 1.54) is 24.3 Å². The van der Waals surface area contributed by atoms with Crippen molar-refractivity contribution < 1.29 is 18.0 Å². The summed E-state index contributed by atoms with van der Waals surface area (Å²) in [5, 5.41) is 11.2. The molecule has 1 aromatic heterocycles. The number of aryl methyl sites for hydroxylation is 1. The fourth-order valence-electron chi connectivity index (χ4n) is 3.46. The average Bonchev–Trinajstić information content (AvgIpc) is 3.39. The molecule has 2 amide bonds. The maximum atomic E-state index is 12.8. The third-order valence-corrected chi connectivity index (χ3v) is 6.66. The second kappa shape index (κ2) is 10.8. The summed E-state index contributed by atoms with van der Waals surface area (Å²) in [5.74, 6) is -0.723. The molecule has 0 aliphatic carbocycles. The number of benzene rings is 3. The van der Waals surface area contributed by atoms with Crippen LogP contribution in [0, 0.1) is 0 Å². The van der Waals surface area contributed by atoms with E-state index >= 15 is 0 Å². The summed E-state index contributed by atoms with van der Waals surface area (Å²) in [6.07, 6.45) is 4.26. The van der Waals surface area contributed by atoms with Crippen molar-refractivity contribution in [2.45, 2.75) is 17.9 Å². The highest BCUT2D eigenvalue weighted by atomic mass is 32.2. The zero-order valence-electron chi connectivity index (χ0n) is 18.8. The van der Waals surface area contributed by atoms with E-state index in [0.717, 1.165) is 17.2 Å². The number of sulfonamides is 1. The Hall–Kier alpha value is -4.18. The van der Waals surface area contributed by atoms with Crippen molar-refractivity contribution in [3.8, 4) is 0 Å². The lowest BCUT2D eigenvalue weighted by Gasteiger charge is -2.10. The van der Waals surface area contributed by atoms with E-state index in [2.05, 4.69) is 20.5 Å². The number of amides is 2. The number of carbonyl (C=O) groups excluding carboxylic acids is 2. The van der Waals surface area contributed by atoms with Crippen molar-refractivity contribution in [2.75, 3.05) is 17.8 Å². The standard InChI is InChI=1S/C25H25N5O4S/c31-24(26-13-3-15-30-16-4-14-28-30)18-27-25(32)20-7-10-22(11-8-20)29-35(33,34)23-12-9-19-5-1-2-6-21(19)17-23/h1-2,4-12,14,16-17,29H,3,13,15,18H2,(H,26,31)(H,27,32). The lowest BCUT2D eigenvalue weighted by atomic mass is 10.1. The Kier molecular flexibility index (Phi) is 7.41. The molecule has 1 heterocycles. The topological polar surface area (TPSA) is 122 Å². The predicted molar refractivity (Wildman–Crippen MR) is 133 cm³/mol. The molecule has 0 fully saturated rings. The highest BCUT2D eigenvalue weighted by molar-refractivity contribution is 7.92. The molecule has 0 aliphatic rings. The summed E-state index contributed by atoms with van der Waals surface area (Å²) < 4.78 is 29.9.